The highest BCUT2D eigenvalue weighted by Gasteiger charge is 2.15. The van der Waals surface area contributed by atoms with E-state index in [4.69, 9.17) is 0 Å². The maximum Gasteiger partial charge on any atom is 0.319 e. The summed E-state index contributed by atoms with van der Waals surface area (Å²) in [4.78, 5) is 12.6. The monoisotopic (exact) mass is 491 g/mol. The Kier molecular flexibility index (Phi) is 8.02. The van der Waals surface area contributed by atoms with E-state index in [1.54, 1.807) is 12.1 Å². The van der Waals surface area contributed by atoms with E-state index >= 15 is 0 Å². The molecule has 184 valence electrons. The summed E-state index contributed by atoms with van der Waals surface area (Å²) < 4.78 is 26.2. The van der Waals surface area contributed by atoms with Crippen LogP contribution in [-0.4, -0.2) is 20.7 Å². The number of hydrogen-bond donors (Lipinski definition) is 3. The molecule has 3 N–H and O–H groups in total. The molecule has 0 unspecified atom stereocenters. The molecular weight excluding hydrogens is 458 g/mol. The third-order valence-electron chi connectivity index (χ3n) is 5.48. The molecule has 0 saturated heterocycles. The van der Waals surface area contributed by atoms with Gasteiger partial charge in [0.1, 0.15) is 0 Å². The fourth-order valence-electron chi connectivity index (χ4n) is 3.53. The highest BCUT2D eigenvalue weighted by atomic mass is 32.2. The molecule has 0 aliphatic heterocycles. The van der Waals surface area contributed by atoms with Crippen LogP contribution in [0.15, 0.2) is 72.8 Å². The van der Waals surface area contributed by atoms with Gasteiger partial charge in [-0.1, -0.05) is 81.5 Å². The van der Waals surface area contributed by atoms with Gasteiger partial charge < -0.3 is 10.6 Å². The molecule has 0 aliphatic rings. The molecule has 0 fully saturated rings. The predicted molar refractivity (Wildman–Crippen MR) is 146 cm³/mol. The molecule has 1 atom stereocenters. The van der Waals surface area contributed by atoms with Gasteiger partial charge in [0.15, 0.2) is 0 Å². The molecule has 3 aromatic carbocycles. The summed E-state index contributed by atoms with van der Waals surface area (Å²) in [7, 11) is -3.45. The van der Waals surface area contributed by atoms with Crippen LogP contribution in [0.1, 0.15) is 56.0 Å². The van der Waals surface area contributed by atoms with Crippen molar-refractivity contribution in [2.24, 2.45) is 0 Å². The minimum absolute atomic E-state index is 0.0418. The Labute approximate surface area is 208 Å². The molecule has 6 nitrogen and oxygen atoms in total. The van der Waals surface area contributed by atoms with Gasteiger partial charge in [-0.25, -0.2) is 13.2 Å². The summed E-state index contributed by atoms with van der Waals surface area (Å²) in [5.41, 5.74) is 4.95. The molecule has 0 spiro atoms. The number of urea groups is 1. The Bertz CT molecular complexity index is 1290. The van der Waals surface area contributed by atoms with Gasteiger partial charge in [0, 0.05) is 5.69 Å². The van der Waals surface area contributed by atoms with Gasteiger partial charge >= 0.3 is 6.03 Å². The number of carbonyl (C=O) groups excluding carboxylic acids is 1. The summed E-state index contributed by atoms with van der Waals surface area (Å²) in [6.07, 6.45) is 4.89. The van der Waals surface area contributed by atoms with E-state index < -0.39 is 10.0 Å². The van der Waals surface area contributed by atoms with Gasteiger partial charge in [0.25, 0.3) is 0 Å². The third kappa shape index (κ3) is 8.00. The summed E-state index contributed by atoms with van der Waals surface area (Å²) >= 11 is 0. The lowest BCUT2D eigenvalue weighted by Gasteiger charge is -2.20. The first kappa shape index (κ1) is 26.0. The number of rotatable bonds is 7. The van der Waals surface area contributed by atoms with Crippen molar-refractivity contribution < 1.29 is 13.2 Å². The molecule has 0 radical (unpaired) electrons. The first-order valence-corrected chi connectivity index (χ1v) is 13.3. The molecular formula is C28H33N3O3S. The normalized spacial score (nSPS) is 12.8. The van der Waals surface area contributed by atoms with E-state index in [9.17, 15) is 13.2 Å². The van der Waals surface area contributed by atoms with Gasteiger partial charge in [0.05, 0.1) is 18.0 Å². The molecule has 2 amide bonds. The fraction of sp³-hybridized carbons (Fsp3) is 0.250. The maximum absolute atomic E-state index is 12.6. The Balaban J connectivity index is 1.76. The standard InChI is InChI=1S/C28H33N3O3S/c1-20(29-27(32)30-25-16-14-24(15-17-25)28(2,3)4)22-13-18-26(31-35(5,33)34)23(19-22)12-11-21-9-7-6-8-10-21/h6-20,31H,1-5H3,(H2,29,30,32)/t20-/m1/s1. The molecule has 0 aliphatic carbocycles. The van der Waals surface area contributed by atoms with Crippen molar-refractivity contribution >= 4 is 39.6 Å². The molecule has 0 bridgehead atoms. The van der Waals surface area contributed by atoms with Crippen LogP contribution < -0.4 is 15.4 Å². The van der Waals surface area contributed by atoms with Gasteiger partial charge in [-0.15, -0.1) is 0 Å². The van der Waals surface area contributed by atoms with Crippen LogP contribution in [0.3, 0.4) is 0 Å². The Morgan fingerprint density at radius 1 is 0.914 bits per heavy atom. The van der Waals surface area contributed by atoms with E-state index in [2.05, 4.69) is 36.1 Å². The topological polar surface area (TPSA) is 87.3 Å². The number of hydrogen-bond acceptors (Lipinski definition) is 3. The van der Waals surface area contributed by atoms with Crippen molar-refractivity contribution in [3.63, 3.8) is 0 Å². The highest BCUT2D eigenvalue weighted by Crippen LogP contribution is 2.26. The lowest BCUT2D eigenvalue weighted by atomic mass is 9.87. The van der Waals surface area contributed by atoms with Gasteiger partial charge in [-0.05, 0) is 58.9 Å². The maximum atomic E-state index is 12.6. The largest absolute Gasteiger partial charge is 0.331 e. The number of benzene rings is 3. The lowest BCUT2D eigenvalue weighted by molar-refractivity contribution is 0.249. The van der Waals surface area contributed by atoms with E-state index in [1.807, 2.05) is 79.7 Å². The van der Waals surface area contributed by atoms with Crippen molar-refractivity contribution in [3.05, 3.63) is 95.1 Å². The van der Waals surface area contributed by atoms with Crippen molar-refractivity contribution in [1.82, 2.24) is 5.32 Å². The highest BCUT2D eigenvalue weighted by molar-refractivity contribution is 7.92. The van der Waals surface area contributed by atoms with Crippen molar-refractivity contribution in [1.29, 1.82) is 0 Å². The zero-order valence-electron chi connectivity index (χ0n) is 20.8. The molecule has 0 saturated carbocycles. The minimum Gasteiger partial charge on any atom is -0.331 e. The molecule has 35 heavy (non-hydrogen) atoms. The zero-order valence-corrected chi connectivity index (χ0v) is 21.6. The van der Waals surface area contributed by atoms with Gasteiger partial charge in [-0.3, -0.25) is 4.72 Å². The van der Waals surface area contributed by atoms with E-state index in [0.29, 0.717) is 16.9 Å². The predicted octanol–water partition coefficient (Wildman–Crippen LogP) is 6.41. The Morgan fingerprint density at radius 3 is 2.17 bits per heavy atom. The Hall–Kier alpha value is -3.58. The summed E-state index contributed by atoms with van der Waals surface area (Å²) in [5, 5.41) is 5.81. The van der Waals surface area contributed by atoms with Crippen LogP contribution in [0.4, 0.5) is 16.2 Å². The summed E-state index contributed by atoms with van der Waals surface area (Å²) in [5.74, 6) is 0. The zero-order chi connectivity index (χ0) is 25.6. The summed E-state index contributed by atoms with van der Waals surface area (Å²) in [6, 6.07) is 22.3. The van der Waals surface area contributed by atoms with Crippen LogP contribution >= 0.6 is 0 Å². The number of anilines is 2. The molecule has 3 aromatic rings. The second-order valence-corrected chi connectivity index (χ2v) is 11.4. The average Bonchev–Trinajstić information content (AvgIpc) is 2.77. The van der Waals surface area contributed by atoms with Crippen molar-refractivity contribution in [2.75, 3.05) is 16.3 Å². The third-order valence-corrected chi connectivity index (χ3v) is 6.07. The van der Waals surface area contributed by atoms with E-state index in [1.165, 1.54) is 5.56 Å². The summed E-state index contributed by atoms with van der Waals surface area (Å²) in [6.45, 7) is 8.31. The first-order valence-electron chi connectivity index (χ1n) is 11.4. The minimum atomic E-state index is -3.45. The second-order valence-electron chi connectivity index (χ2n) is 9.61. The van der Waals surface area contributed by atoms with Crippen LogP contribution in [0, 0.1) is 0 Å². The SMILES string of the molecule is C[C@@H](NC(=O)Nc1ccc(C(C)(C)C)cc1)c1ccc(NS(C)(=O)=O)c(C=Cc2ccccc2)c1. The fourth-order valence-corrected chi connectivity index (χ4v) is 4.12. The quantitative estimate of drug-likeness (QED) is 0.334. The lowest BCUT2D eigenvalue weighted by Crippen LogP contribution is -2.31. The smallest absolute Gasteiger partial charge is 0.319 e. The van der Waals surface area contributed by atoms with Crippen LogP contribution in [0.25, 0.3) is 12.2 Å². The number of sulfonamides is 1. The molecule has 0 aromatic heterocycles. The van der Waals surface area contributed by atoms with E-state index in [-0.39, 0.29) is 17.5 Å². The second kappa shape index (κ2) is 10.8. The molecule has 3 rings (SSSR count). The number of amides is 2. The van der Waals surface area contributed by atoms with Crippen LogP contribution in [-0.2, 0) is 15.4 Å². The molecule has 0 heterocycles. The first-order chi connectivity index (χ1) is 16.4. The van der Waals surface area contributed by atoms with Crippen molar-refractivity contribution in [2.45, 2.75) is 39.2 Å². The van der Waals surface area contributed by atoms with Gasteiger partial charge in [-0.2, -0.15) is 0 Å². The van der Waals surface area contributed by atoms with Gasteiger partial charge in [0.2, 0.25) is 10.0 Å². The van der Waals surface area contributed by atoms with Crippen LogP contribution in [0.2, 0.25) is 0 Å². The molecule has 7 heteroatoms. The number of carbonyl (C=O) groups is 1. The van der Waals surface area contributed by atoms with Crippen molar-refractivity contribution in [3.8, 4) is 0 Å². The average molecular weight is 492 g/mol. The Morgan fingerprint density at radius 2 is 1.57 bits per heavy atom. The van der Waals surface area contributed by atoms with E-state index in [0.717, 1.165) is 17.4 Å². The van der Waals surface area contributed by atoms with Crippen LogP contribution in [0.5, 0.6) is 0 Å². The number of nitrogens with one attached hydrogen (secondary N) is 3.